The van der Waals surface area contributed by atoms with Crippen LogP contribution in [0.1, 0.15) is 22.8 Å². The number of rotatable bonds is 5. The van der Waals surface area contributed by atoms with Crippen LogP contribution in [-0.4, -0.2) is 18.4 Å². The molecule has 0 aromatic heterocycles. The largest absolute Gasteiger partial charge is 0.343 e. The number of aryl methyl sites for hydroxylation is 1. The molecule has 0 radical (unpaired) electrons. The Labute approximate surface area is 138 Å². The zero-order valence-corrected chi connectivity index (χ0v) is 13.8. The second-order valence-electron chi connectivity index (χ2n) is 4.80. The van der Waals surface area contributed by atoms with Crippen molar-refractivity contribution in [2.75, 3.05) is 11.9 Å². The van der Waals surface area contributed by atoms with Crippen molar-refractivity contribution in [3.63, 3.8) is 0 Å². The predicted molar refractivity (Wildman–Crippen MR) is 90.9 cm³/mol. The minimum absolute atomic E-state index is 0.0678. The number of amides is 2. The van der Waals surface area contributed by atoms with Crippen molar-refractivity contribution in [3.8, 4) is 0 Å². The molecule has 0 aliphatic heterocycles. The molecule has 2 aromatic carbocycles. The van der Waals surface area contributed by atoms with Gasteiger partial charge in [0.25, 0.3) is 5.91 Å². The lowest BCUT2D eigenvalue weighted by Gasteiger charge is -2.08. The van der Waals surface area contributed by atoms with Gasteiger partial charge in [-0.2, -0.15) is 0 Å². The van der Waals surface area contributed by atoms with Gasteiger partial charge in [-0.25, -0.2) is 0 Å². The van der Waals surface area contributed by atoms with Gasteiger partial charge in [-0.3, -0.25) is 9.59 Å². The molecule has 0 aliphatic carbocycles. The highest BCUT2D eigenvalue weighted by Gasteiger charge is 2.08. The first kappa shape index (κ1) is 16.2. The highest BCUT2D eigenvalue weighted by Crippen LogP contribution is 2.12. The van der Waals surface area contributed by atoms with Crippen LogP contribution < -0.4 is 10.6 Å². The fourth-order valence-electron chi connectivity index (χ4n) is 1.97. The quantitative estimate of drug-likeness (QED) is 0.858. The molecule has 0 atom stereocenters. The van der Waals surface area contributed by atoms with Gasteiger partial charge in [0.2, 0.25) is 5.91 Å². The van der Waals surface area contributed by atoms with E-state index < -0.39 is 0 Å². The minimum atomic E-state index is -0.279. The van der Waals surface area contributed by atoms with Crippen LogP contribution in [0.3, 0.4) is 0 Å². The molecule has 0 unspecified atom stereocenters. The lowest BCUT2D eigenvalue weighted by molar-refractivity contribution is -0.115. The Kier molecular flexibility index (Phi) is 5.72. The Balaban J connectivity index is 1.88. The van der Waals surface area contributed by atoms with Crippen LogP contribution in [-0.2, 0) is 11.2 Å². The topological polar surface area (TPSA) is 58.2 Å². The van der Waals surface area contributed by atoms with E-state index in [-0.39, 0.29) is 18.4 Å². The first-order chi connectivity index (χ1) is 10.6. The van der Waals surface area contributed by atoms with Crippen molar-refractivity contribution in [2.45, 2.75) is 13.3 Å². The summed E-state index contributed by atoms with van der Waals surface area (Å²) in [6, 6.07) is 14.7. The van der Waals surface area contributed by atoms with Crippen molar-refractivity contribution in [3.05, 3.63) is 64.1 Å². The molecule has 4 nitrogen and oxygen atoms in total. The monoisotopic (exact) mass is 360 g/mol. The van der Waals surface area contributed by atoms with Crippen molar-refractivity contribution in [1.82, 2.24) is 5.32 Å². The number of carbonyl (C=O) groups is 2. The summed E-state index contributed by atoms with van der Waals surface area (Å²) in [5.74, 6) is -0.532. The van der Waals surface area contributed by atoms with Crippen LogP contribution in [0.15, 0.2) is 53.0 Å². The summed E-state index contributed by atoms with van der Waals surface area (Å²) in [6.45, 7) is 1.99. The molecule has 0 bridgehead atoms. The third kappa shape index (κ3) is 4.70. The van der Waals surface area contributed by atoms with Crippen LogP contribution in [0.4, 0.5) is 5.69 Å². The zero-order chi connectivity index (χ0) is 15.9. The van der Waals surface area contributed by atoms with Gasteiger partial charge in [0.05, 0.1) is 6.54 Å². The average molecular weight is 361 g/mol. The van der Waals surface area contributed by atoms with Crippen LogP contribution in [0.2, 0.25) is 0 Å². The van der Waals surface area contributed by atoms with Gasteiger partial charge < -0.3 is 10.6 Å². The van der Waals surface area contributed by atoms with E-state index in [9.17, 15) is 9.59 Å². The van der Waals surface area contributed by atoms with Crippen LogP contribution in [0.5, 0.6) is 0 Å². The Morgan fingerprint density at radius 3 is 2.59 bits per heavy atom. The maximum absolute atomic E-state index is 11.9. The van der Waals surface area contributed by atoms with Crippen LogP contribution in [0.25, 0.3) is 0 Å². The van der Waals surface area contributed by atoms with E-state index in [0.29, 0.717) is 5.56 Å². The lowest BCUT2D eigenvalue weighted by Crippen LogP contribution is -2.32. The van der Waals surface area contributed by atoms with E-state index in [0.717, 1.165) is 22.1 Å². The van der Waals surface area contributed by atoms with E-state index in [1.165, 1.54) is 0 Å². The average Bonchev–Trinajstić information content (AvgIpc) is 2.52. The second kappa shape index (κ2) is 7.75. The molecule has 0 saturated carbocycles. The molecule has 0 saturated heterocycles. The molecule has 0 spiro atoms. The molecular formula is C17H17BrN2O2. The second-order valence-corrected chi connectivity index (χ2v) is 5.71. The smallest absolute Gasteiger partial charge is 0.251 e. The number of hydrogen-bond donors (Lipinski definition) is 2. The standard InChI is InChI=1S/C17H17BrN2O2/c1-2-12-5-3-8-15(9-12)20-16(21)11-19-17(22)13-6-4-7-14(18)10-13/h3-10H,2,11H2,1H3,(H,19,22)(H,20,21). The maximum Gasteiger partial charge on any atom is 0.251 e. The van der Waals surface area contributed by atoms with Gasteiger partial charge >= 0.3 is 0 Å². The van der Waals surface area contributed by atoms with Crippen LogP contribution in [0, 0.1) is 0 Å². The van der Waals surface area contributed by atoms with Crippen molar-refractivity contribution in [2.24, 2.45) is 0 Å². The van der Waals surface area contributed by atoms with E-state index in [4.69, 9.17) is 0 Å². The Hall–Kier alpha value is -2.14. The summed E-state index contributed by atoms with van der Waals surface area (Å²) in [4.78, 5) is 23.8. The minimum Gasteiger partial charge on any atom is -0.343 e. The third-order valence-corrected chi connectivity index (χ3v) is 3.61. The van der Waals surface area contributed by atoms with Gasteiger partial charge in [0, 0.05) is 15.7 Å². The molecule has 0 heterocycles. The van der Waals surface area contributed by atoms with Crippen LogP contribution >= 0.6 is 15.9 Å². The Morgan fingerprint density at radius 2 is 1.86 bits per heavy atom. The number of hydrogen-bond acceptors (Lipinski definition) is 2. The van der Waals surface area contributed by atoms with Gasteiger partial charge in [0.15, 0.2) is 0 Å². The van der Waals surface area contributed by atoms with Crippen molar-refractivity contribution >= 4 is 33.4 Å². The molecule has 22 heavy (non-hydrogen) atoms. The SMILES string of the molecule is CCc1cccc(NC(=O)CNC(=O)c2cccc(Br)c2)c1. The molecule has 0 aliphatic rings. The van der Waals surface area contributed by atoms with E-state index in [2.05, 4.69) is 33.5 Å². The Bertz CT molecular complexity index is 686. The summed E-state index contributed by atoms with van der Waals surface area (Å²) in [7, 11) is 0. The summed E-state index contributed by atoms with van der Waals surface area (Å²) in [5, 5.41) is 5.37. The number of carbonyl (C=O) groups excluding carboxylic acids is 2. The van der Waals surface area contributed by atoms with E-state index in [1.807, 2.05) is 30.3 Å². The molecule has 0 fully saturated rings. The number of halogens is 1. The number of benzene rings is 2. The van der Waals surface area contributed by atoms with E-state index >= 15 is 0 Å². The molecule has 2 rings (SSSR count). The molecule has 2 N–H and O–H groups in total. The number of anilines is 1. The fourth-order valence-corrected chi connectivity index (χ4v) is 2.37. The first-order valence-corrected chi connectivity index (χ1v) is 7.80. The molecule has 114 valence electrons. The Morgan fingerprint density at radius 1 is 1.09 bits per heavy atom. The van der Waals surface area contributed by atoms with Gasteiger partial charge in [-0.1, -0.05) is 41.1 Å². The highest BCUT2D eigenvalue weighted by molar-refractivity contribution is 9.10. The summed E-state index contributed by atoms with van der Waals surface area (Å²) in [6.07, 6.45) is 0.906. The highest BCUT2D eigenvalue weighted by atomic mass is 79.9. The molecule has 2 aromatic rings. The predicted octanol–water partition coefficient (Wildman–Crippen LogP) is 3.38. The van der Waals surface area contributed by atoms with E-state index in [1.54, 1.807) is 18.2 Å². The molecular weight excluding hydrogens is 344 g/mol. The van der Waals surface area contributed by atoms with Crippen molar-refractivity contribution in [1.29, 1.82) is 0 Å². The normalized spacial score (nSPS) is 10.1. The zero-order valence-electron chi connectivity index (χ0n) is 12.2. The van der Waals surface area contributed by atoms with Gasteiger partial charge in [-0.05, 0) is 42.3 Å². The van der Waals surface area contributed by atoms with Crippen molar-refractivity contribution < 1.29 is 9.59 Å². The lowest BCUT2D eigenvalue weighted by atomic mass is 10.1. The summed E-state index contributed by atoms with van der Waals surface area (Å²) in [5.41, 5.74) is 2.40. The maximum atomic E-state index is 11.9. The van der Waals surface area contributed by atoms with Gasteiger partial charge in [0.1, 0.15) is 0 Å². The number of nitrogens with one attached hydrogen (secondary N) is 2. The fraction of sp³-hybridized carbons (Fsp3) is 0.176. The molecule has 5 heteroatoms. The third-order valence-electron chi connectivity index (χ3n) is 3.12. The first-order valence-electron chi connectivity index (χ1n) is 7.01. The summed E-state index contributed by atoms with van der Waals surface area (Å²) >= 11 is 3.31. The molecule has 2 amide bonds. The van der Waals surface area contributed by atoms with Gasteiger partial charge in [-0.15, -0.1) is 0 Å². The summed E-state index contributed by atoms with van der Waals surface area (Å²) < 4.78 is 0.820.